The van der Waals surface area contributed by atoms with Crippen LogP contribution in [-0.2, 0) is 9.59 Å². The third-order valence-electron chi connectivity index (χ3n) is 3.71. The summed E-state index contributed by atoms with van der Waals surface area (Å²) in [5, 5.41) is 7.90. The Balaban J connectivity index is 1.80. The maximum Gasteiger partial charge on any atom is 0.252 e. The predicted octanol–water partition coefficient (Wildman–Crippen LogP) is 4.10. The van der Waals surface area contributed by atoms with Gasteiger partial charge in [-0.25, -0.2) is 10.9 Å². The minimum atomic E-state index is -0.494. The summed E-state index contributed by atoms with van der Waals surface area (Å²) in [6.45, 7) is 3.39. The van der Waals surface area contributed by atoms with Gasteiger partial charge >= 0.3 is 0 Å². The summed E-state index contributed by atoms with van der Waals surface area (Å²) in [5.74, 6) is -0.643. The average molecular weight is 451 g/mol. The molecule has 2 aromatic rings. The van der Waals surface area contributed by atoms with Gasteiger partial charge in [0.15, 0.2) is 0 Å². The molecule has 0 radical (unpaired) electrons. The van der Waals surface area contributed by atoms with Gasteiger partial charge in [-0.3, -0.25) is 9.59 Å². The molecule has 29 heavy (non-hydrogen) atoms. The van der Waals surface area contributed by atoms with Crippen LogP contribution in [0.4, 0.5) is 0 Å². The van der Waals surface area contributed by atoms with Crippen LogP contribution in [0, 0.1) is 0 Å². The number of carbonyl (C=O) groups excluding carboxylic acids is 2. The average Bonchev–Trinajstić information content (AvgIpc) is 2.70. The van der Waals surface area contributed by atoms with Crippen LogP contribution in [0.15, 0.2) is 58.7 Å². The number of amides is 2. The molecule has 152 valence electrons. The topological polar surface area (TPSA) is 82.9 Å². The van der Waals surface area contributed by atoms with E-state index in [1.807, 2.05) is 24.3 Å². The number of hydrogen-bond donors (Lipinski definition) is 2. The molecular weight excluding hydrogens is 431 g/mol. The van der Waals surface area contributed by atoms with E-state index in [1.165, 1.54) is 24.2 Å². The van der Waals surface area contributed by atoms with Crippen molar-refractivity contribution in [1.29, 1.82) is 0 Å². The van der Waals surface area contributed by atoms with E-state index >= 15 is 0 Å². The Bertz CT molecular complexity index is 847. The summed E-state index contributed by atoms with van der Waals surface area (Å²) in [6, 6.07) is 14.3. The molecule has 0 saturated heterocycles. The van der Waals surface area contributed by atoms with Crippen molar-refractivity contribution in [3.63, 3.8) is 0 Å². The normalized spacial score (nSPS) is 13.4. The van der Waals surface area contributed by atoms with Gasteiger partial charge in [0.2, 0.25) is 0 Å². The van der Waals surface area contributed by atoms with Gasteiger partial charge in [-0.05, 0) is 26.0 Å². The van der Waals surface area contributed by atoms with E-state index in [2.05, 4.69) is 21.1 Å². The van der Waals surface area contributed by atoms with Crippen molar-refractivity contribution < 1.29 is 9.59 Å². The Kier molecular flexibility index (Phi) is 9.18. The Labute approximate surface area is 183 Å². The second-order valence-corrected chi connectivity index (χ2v) is 8.43. The zero-order valence-corrected chi connectivity index (χ0v) is 18.1. The monoisotopic (exact) mass is 450 g/mol. The van der Waals surface area contributed by atoms with Gasteiger partial charge in [0.05, 0.1) is 22.9 Å². The van der Waals surface area contributed by atoms with Crippen molar-refractivity contribution in [2.45, 2.75) is 24.3 Å². The summed E-state index contributed by atoms with van der Waals surface area (Å²) >= 11 is 13.2. The highest BCUT2D eigenvalue weighted by Gasteiger charge is 2.21. The van der Waals surface area contributed by atoms with Crippen LogP contribution in [0.25, 0.3) is 0 Å². The van der Waals surface area contributed by atoms with Crippen LogP contribution in [0.1, 0.15) is 25.0 Å². The lowest BCUT2D eigenvalue weighted by atomic mass is 10.2. The summed E-state index contributed by atoms with van der Waals surface area (Å²) in [6.07, 6.45) is 2.94. The lowest BCUT2D eigenvalue weighted by Gasteiger charge is -2.14. The van der Waals surface area contributed by atoms with E-state index in [0.29, 0.717) is 21.2 Å². The number of hydrazone groups is 2. The van der Waals surface area contributed by atoms with Crippen molar-refractivity contribution in [3.8, 4) is 0 Å². The van der Waals surface area contributed by atoms with Crippen molar-refractivity contribution in [3.05, 3.63) is 69.7 Å². The SMILES string of the molecule is C[C@H](S[C@@H](C)C(=O)N/N=C\c1ccccc1Cl)C(=O)N/N=C\c1ccccc1Cl. The summed E-state index contributed by atoms with van der Waals surface area (Å²) in [5.41, 5.74) is 6.28. The fraction of sp³-hybridized carbons (Fsp3) is 0.200. The van der Waals surface area contributed by atoms with E-state index < -0.39 is 10.5 Å². The van der Waals surface area contributed by atoms with E-state index in [0.717, 1.165) is 0 Å². The molecule has 2 aromatic carbocycles. The van der Waals surface area contributed by atoms with Gasteiger partial charge in [0.1, 0.15) is 0 Å². The lowest BCUT2D eigenvalue weighted by molar-refractivity contribution is -0.120. The molecule has 6 nitrogen and oxygen atoms in total. The molecule has 0 saturated carbocycles. The quantitative estimate of drug-likeness (QED) is 0.468. The maximum absolute atomic E-state index is 12.2. The first-order valence-electron chi connectivity index (χ1n) is 8.69. The molecule has 0 aromatic heterocycles. The van der Waals surface area contributed by atoms with Gasteiger partial charge in [-0.15, -0.1) is 11.8 Å². The number of thioether (sulfide) groups is 1. The van der Waals surface area contributed by atoms with Crippen LogP contribution in [0.3, 0.4) is 0 Å². The van der Waals surface area contributed by atoms with Crippen LogP contribution in [0.2, 0.25) is 10.0 Å². The minimum Gasteiger partial charge on any atom is -0.272 e. The number of rotatable bonds is 8. The molecule has 9 heteroatoms. The second kappa shape index (κ2) is 11.6. The smallest absolute Gasteiger partial charge is 0.252 e. The highest BCUT2D eigenvalue weighted by molar-refractivity contribution is 8.01. The molecule has 0 aliphatic heterocycles. The fourth-order valence-electron chi connectivity index (χ4n) is 2.10. The first-order valence-corrected chi connectivity index (χ1v) is 10.4. The van der Waals surface area contributed by atoms with E-state index in [-0.39, 0.29) is 11.8 Å². The number of nitrogens with zero attached hydrogens (tertiary/aromatic N) is 2. The van der Waals surface area contributed by atoms with Crippen molar-refractivity contribution in [2.24, 2.45) is 10.2 Å². The van der Waals surface area contributed by atoms with Gasteiger partial charge in [-0.1, -0.05) is 59.6 Å². The fourth-order valence-corrected chi connectivity index (χ4v) is 3.44. The Morgan fingerprint density at radius 1 is 0.828 bits per heavy atom. The van der Waals surface area contributed by atoms with Gasteiger partial charge < -0.3 is 0 Å². The third-order valence-corrected chi connectivity index (χ3v) is 5.65. The van der Waals surface area contributed by atoms with Crippen molar-refractivity contribution in [1.82, 2.24) is 10.9 Å². The van der Waals surface area contributed by atoms with Gasteiger partial charge in [0.25, 0.3) is 11.8 Å². The van der Waals surface area contributed by atoms with Crippen molar-refractivity contribution >= 4 is 59.2 Å². The zero-order valence-electron chi connectivity index (χ0n) is 15.8. The Morgan fingerprint density at radius 2 is 1.21 bits per heavy atom. The highest BCUT2D eigenvalue weighted by Crippen LogP contribution is 2.18. The molecule has 0 fully saturated rings. The molecule has 2 atom stereocenters. The standard InChI is InChI=1S/C20H20Cl2N4O2S/c1-13(19(27)25-23-11-15-7-3-5-9-17(15)21)29-14(2)20(28)26-24-12-16-8-4-6-10-18(16)22/h3-14H,1-2H3,(H,25,27)(H,26,28)/b23-11-,24-12-/t13-,14-/m0/s1. The van der Waals surface area contributed by atoms with Crippen LogP contribution in [-0.4, -0.2) is 34.7 Å². The lowest BCUT2D eigenvalue weighted by Crippen LogP contribution is -2.33. The molecular formula is C20H20Cl2N4O2S. The van der Waals surface area contributed by atoms with Gasteiger partial charge in [-0.2, -0.15) is 10.2 Å². The molecule has 0 unspecified atom stereocenters. The predicted molar refractivity (Wildman–Crippen MR) is 121 cm³/mol. The van der Waals surface area contributed by atoms with E-state index in [4.69, 9.17) is 23.2 Å². The van der Waals surface area contributed by atoms with E-state index in [9.17, 15) is 9.59 Å². The molecule has 0 aliphatic rings. The molecule has 0 bridgehead atoms. The number of hydrogen-bond acceptors (Lipinski definition) is 5. The highest BCUT2D eigenvalue weighted by atomic mass is 35.5. The summed E-state index contributed by atoms with van der Waals surface area (Å²) in [4.78, 5) is 24.3. The first kappa shape index (κ1) is 22.9. The maximum atomic E-state index is 12.2. The first-order chi connectivity index (χ1) is 13.9. The van der Waals surface area contributed by atoms with Crippen LogP contribution < -0.4 is 10.9 Å². The van der Waals surface area contributed by atoms with E-state index in [1.54, 1.807) is 38.1 Å². The second-order valence-electron chi connectivity index (χ2n) is 5.93. The summed E-state index contributed by atoms with van der Waals surface area (Å²) < 4.78 is 0. The van der Waals surface area contributed by atoms with Gasteiger partial charge in [0, 0.05) is 21.2 Å². The molecule has 2 rings (SSSR count). The number of halogens is 2. The van der Waals surface area contributed by atoms with Crippen LogP contribution >= 0.6 is 35.0 Å². The molecule has 2 N–H and O–H groups in total. The number of benzene rings is 2. The zero-order chi connectivity index (χ0) is 21.2. The number of carbonyl (C=O) groups is 2. The summed E-state index contributed by atoms with van der Waals surface area (Å²) in [7, 11) is 0. The Hall–Kier alpha value is -2.35. The Morgan fingerprint density at radius 3 is 1.59 bits per heavy atom. The van der Waals surface area contributed by atoms with Crippen molar-refractivity contribution in [2.75, 3.05) is 0 Å². The largest absolute Gasteiger partial charge is 0.272 e. The molecule has 0 aliphatic carbocycles. The minimum absolute atomic E-state index is 0.322. The molecule has 0 spiro atoms. The van der Waals surface area contributed by atoms with Crippen LogP contribution in [0.5, 0.6) is 0 Å². The molecule has 0 heterocycles. The number of nitrogens with one attached hydrogen (secondary N) is 2. The third kappa shape index (κ3) is 7.53. The molecule has 2 amide bonds.